The number of benzene rings is 1. The quantitative estimate of drug-likeness (QED) is 0.582. The van der Waals surface area contributed by atoms with E-state index >= 15 is 0 Å². The third-order valence-electron chi connectivity index (χ3n) is 2.65. The average Bonchev–Trinajstić information content (AvgIpc) is 2.45. The highest BCUT2D eigenvalue weighted by molar-refractivity contribution is 5.40. The molecule has 108 valence electrons. The van der Waals surface area contributed by atoms with Crippen molar-refractivity contribution in [2.75, 3.05) is 26.9 Å². The Kier molecular flexibility index (Phi) is 7.25. The van der Waals surface area contributed by atoms with Crippen LogP contribution in [-0.2, 0) is 6.54 Å². The largest absolute Gasteiger partial charge is 0.497 e. The van der Waals surface area contributed by atoms with Crippen LogP contribution in [0.5, 0.6) is 11.5 Å². The predicted octanol–water partition coefficient (Wildman–Crippen LogP) is 0.927. The molecule has 5 nitrogen and oxygen atoms in total. The van der Waals surface area contributed by atoms with E-state index < -0.39 is 6.10 Å². The molecule has 0 aliphatic heterocycles. The van der Waals surface area contributed by atoms with Gasteiger partial charge in [0, 0.05) is 12.1 Å². The molecule has 0 aromatic heterocycles. The Morgan fingerprint density at radius 3 is 2.79 bits per heavy atom. The van der Waals surface area contributed by atoms with Gasteiger partial charge in [0.2, 0.25) is 0 Å². The Balaban J connectivity index is 2.70. The van der Waals surface area contributed by atoms with Gasteiger partial charge in [0.1, 0.15) is 24.2 Å². The first-order chi connectivity index (χ1) is 9.21. The third kappa shape index (κ3) is 5.46. The molecule has 0 radical (unpaired) electrons. The first-order valence-electron chi connectivity index (χ1n) is 6.50. The Morgan fingerprint density at radius 2 is 2.16 bits per heavy atom. The van der Waals surface area contributed by atoms with Crippen molar-refractivity contribution in [1.29, 1.82) is 0 Å². The summed E-state index contributed by atoms with van der Waals surface area (Å²) in [7, 11) is 1.62. The van der Waals surface area contributed by atoms with E-state index in [0.717, 1.165) is 24.3 Å². The van der Waals surface area contributed by atoms with Crippen molar-refractivity contribution in [2.24, 2.45) is 0 Å². The maximum absolute atomic E-state index is 9.31. The van der Waals surface area contributed by atoms with E-state index in [1.807, 2.05) is 18.2 Å². The van der Waals surface area contributed by atoms with E-state index in [2.05, 4.69) is 12.2 Å². The van der Waals surface area contributed by atoms with Gasteiger partial charge in [0.05, 0.1) is 13.7 Å². The fraction of sp³-hybridized carbons (Fsp3) is 0.571. The van der Waals surface area contributed by atoms with Crippen molar-refractivity contribution in [1.82, 2.24) is 5.32 Å². The second-order valence-electron chi connectivity index (χ2n) is 4.30. The number of nitrogens with one attached hydrogen (secondary N) is 1. The van der Waals surface area contributed by atoms with Crippen LogP contribution in [0, 0.1) is 0 Å². The Morgan fingerprint density at radius 1 is 1.37 bits per heavy atom. The number of aliphatic hydroxyl groups excluding tert-OH is 2. The molecule has 0 fully saturated rings. The van der Waals surface area contributed by atoms with Crippen LogP contribution in [0.4, 0.5) is 0 Å². The van der Waals surface area contributed by atoms with E-state index in [9.17, 15) is 5.11 Å². The number of rotatable bonds is 9. The monoisotopic (exact) mass is 269 g/mol. The topological polar surface area (TPSA) is 71.0 Å². The number of ether oxygens (including phenoxy) is 2. The number of methoxy groups -OCH3 is 1. The molecule has 5 heteroatoms. The highest BCUT2D eigenvalue weighted by Gasteiger charge is 2.08. The first-order valence-corrected chi connectivity index (χ1v) is 6.50. The van der Waals surface area contributed by atoms with Crippen LogP contribution in [-0.4, -0.2) is 43.2 Å². The minimum absolute atomic E-state index is 0.0730. The minimum Gasteiger partial charge on any atom is -0.497 e. The third-order valence-corrected chi connectivity index (χ3v) is 2.65. The van der Waals surface area contributed by atoms with Gasteiger partial charge < -0.3 is 25.0 Å². The van der Waals surface area contributed by atoms with E-state index in [0.29, 0.717) is 12.3 Å². The number of hydrogen-bond acceptors (Lipinski definition) is 5. The summed E-state index contributed by atoms with van der Waals surface area (Å²) in [5, 5.41) is 21.4. The van der Waals surface area contributed by atoms with E-state index in [4.69, 9.17) is 14.6 Å². The molecular weight excluding hydrogens is 246 g/mol. The highest BCUT2D eigenvalue weighted by atomic mass is 16.5. The lowest BCUT2D eigenvalue weighted by molar-refractivity contribution is 0.0532. The van der Waals surface area contributed by atoms with Crippen LogP contribution < -0.4 is 14.8 Å². The molecule has 0 bridgehead atoms. The lowest BCUT2D eigenvalue weighted by atomic mass is 10.2. The van der Waals surface area contributed by atoms with Gasteiger partial charge in [-0.15, -0.1) is 0 Å². The van der Waals surface area contributed by atoms with E-state index in [-0.39, 0.29) is 13.2 Å². The number of aliphatic hydroxyl groups is 2. The maximum Gasteiger partial charge on any atom is 0.124 e. The molecule has 19 heavy (non-hydrogen) atoms. The summed E-state index contributed by atoms with van der Waals surface area (Å²) in [5.74, 6) is 1.46. The normalized spacial score (nSPS) is 12.2. The molecule has 0 heterocycles. The fourth-order valence-electron chi connectivity index (χ4n) is 1.60. The predicted molar refractivity (Wildman–Crippen MR) is 73.6 cm³/mol. The standard InChI is InChI=1S/C14H23NO4/c1-3-6-15-8-11-7-13(18-2)4-5-14(11)19-10-12(17)9-16/h4-5,7,12,15-17H,3,6,8-10H2,1-2H3. The van der Waals surface area contributed by atoms with Crippen molar-refractivity contribution < 1.29 is 19.7 Å². The highest BCUT2D eigenvalue weighted by Crippen LogP contribution is 2.24. The summed E-state index contributed by atoms with van der Waals surface area (Å²) >= 11 is 0. The molecule has 1 aromatic rings. The van der Waals surface area contributed by atoms with Gasteiger partial charge >= 0.3 is 0 Å². The molecule has 0 amide bonds. The van der Waals surface area contributed by atoms with Crippen LogP contribution >= 0.6 is 0 Å². The zero-order valence-corrected chi connectivity index (χ0v) is 11.6. The molecule has 1 atom stereocenters. The van der Waals surface area contributed by atoms with Gasteiger partial charge in [-0.05, 0) is 31.2 Å². The summed E-state index contributed by atoms with van der Waals surface area (Å²) in [6.07, 6.45) is 0.196. The molecule has 1 rings (SSSR count). The molecular formula is C14H23NO4. The summed E-state index contributed by atoms with van der Waals surface area (Å²) in [6, 6.07) is 5.53. The van der Waals surface area contributed by atoms with E-state index in [1.54, 1.807) is 7.11 Å². The molecule has 1 aromatic carbocycles. The molecule has 0 spiro atoms. The summed E-state index contributed by atoms with van der Waals surface area (Å²) in [5.41, 5.74) is 0.970. The fourth-order valence-corrected chi connectivity index (χ4v) is 1.60. The molecule has 1 unspecified atom stereocenters. The summed E-state index contributed by atoms with van der Waals surface area (Å²) in [4.78, 5) is 0. The van der Waals surface area contributed by atoms with Gasteiger partial charge in [-0.1, -0.05) is 6.92 Å². The Hall–Kier alpha value is -1.30. The molecule has 0 saturated heterocycles. The lowest BCUT2D eigenvalue weighted by Crippen LogP contribution is -2.22. The Bertz CT molecular complexity index is 370. The van der Waals surface area contributed by atoms with Crippen LogP contribution in [0.2, 0.25) is 0 Å². The minimum atomic E-state index is -0.862. The van der Waals surface area contributed by atoms with Crippen LogP contribution in [0.3, 0.4) is 0 Å². The van der Waals surface area contributed by atoms with Crippen molar-refractivity contribution in [3.05, 3.63) is 23.8 Å². The van der Waals surface area contributed by atoms with Crippen molar-refractivity contribution >= 4 is 0 Å². The molecule has 0 aliphatic rings. The van der Waals surface area contributed by atoms with Crippen LogP contribution in [0.1, 0.15) is 18.9 Å². The maximum atomic E-state index is 9.31. The van der Waals surface area contributed by atoms with Crippen molar-refractivity contribution in [3.63, 3.8) is 0 Å². The molecule has 3 N–H and O–H groups in total. The lowest BCUT2D eigenvalue weighted by Gasteiger charge is -2.15. The van der Waals surface area contributed by atoms with Crippen molar-refractivity contribution in [3.8, 4) is 11.5 Å². The summed E-state index contributed by atoms with van der Waals surface area (Å²) < 4.78 is 10.7. The van der Waals surface area contributed by atoms with Gasteiger partial charge in [-0.2, -0.15) is 0 Å². The second kappa shape index (κ2) is 8.74. The van der Waals surface area contributed by atoms with Gasteiger partial charge in [-0.3, -0.25) is 0 Å². The van der Waals surface area contributed by atoms with Crippen LogP contribution in [0.15, 0.2) is 18.2 Å². The molecule has 0 aliphatic carbocycles. The van der Waals surface area contributed by atoms with Crippen LogP contribution in [0.25, 0.3) is 0 Å². The van der Waals surface area contributed by atoms with Crippen molar-refractivity contribution in [2.45, 2.75) is 26.0 Å². The molecule has 0 saturated carbocycles. The van der Waals surface area contributed by atoms with Gasteiger partial charge in [-0.25, -0.2) is 0 Å². The zero-order chi connectivity index (χ0) is 14.1. The smallest absolute Gasteiger partial charge is 0.124 e. The SMILES string of the molecule is CCCNCc1cc(OC)ccc1OCC(O)CO. The van der Waals surface area contributed by atoms with E-state index in [1.165, 1.54) is 0 Å². The summed E-state index contributed by atoms with van der Waals surface area (Å²) in [6.45, 7) is 3.47. The second-order valence-corrected chi connectivity index (χ2v) is 4.30. The average molecular weight is 269 g/mol. The zero-order valence-electron chi connectivity index (χ0n) is 11.6. The number of hydrogen-bond donors (Lipinski definition) is 3. The first kappa shape index (κ1) is 15.8. The van der Waals surface area contributed by atoms with Gasteiger partial charge in [0.15, 0.2) is 0 Å². The van der Waals surface area contributed by atoms with Gasteiger partial charge in [0.25, 0.3) is 0 Å². The Labute approximate surface area is 114 Å².